The molecule has 1 N–H and O–H groups in total. The van der Waals surface area contributed by atoms with E-state index in [-0.39, 0.29) is 17.8 Å². The number of hydrogen-bond acceptors (Lipinski definition) is 4. The number of aliphatic carboxylic acids is 1. The molecule has 0 saturated carbocycles. The molecular weight excluding hydrogens is 359 g/mol. The lowest BCUT2D eigenvalue weighted by atomic mass is 9.98. The summed E-state index contributed by atoms with van der Waals surface area (Å²) in [7, 11) is 1.40. The van der Waals surface area contributed by atoms with E-state index < -0.39 is 17.6 Å². The molecule has 1 atom stereocenters. The lowest BCUT2D eigenvalue weighted by Crippen LogP contribution is -2.21. The Hall–Kier alpha value is -0.980. The van der Waals surface area contributed by atoms with Gasteiger partial charge in [-0.3, -0.25) is 9.59 Å². The van der Waals surface area contributed by atoms with Crippen molar-refractivity contribution in [3.8, 4) is 0 Å². The highest BCUT2D eigenvalue weighted by molar-refractivity contribution is 9.09. The Balaban J connectivity index is -0.000000247. The molecule has 22 heavy (non-hydrogen) atoms. The third-order valence-corrected chi connectivity index (χ3v) is 2.43. The van der Waals surface area contributed by atoms with E-state index in [9.17, 15) is 18.8 Å². The molecule has 5 nitrogen and oxygen atoms in total. The van der Waals surface area contributed by atoms with Crippen LogP contribution in [0.5, 0.6) is 0 Å². The van der Waals surface area contributed by atoms with E-state index in [4.69, 9.17) is 5.11 Å². The molecule has 0 aliphatic rings. The number of aldehydes is 1. The number of alkyl halides is 2. The average molecular weight is 387 g/mol. The average Bonchev–Trinajstić information content (AvgIpc) is 2.37. The molecule has 0 saturated heterocycles. The van der Waals surface area contributed by atoms with E-state index in [0.29, 0.717) is 11.6 Å². The zero-order valence-corrected chi connectivity index (χ0v) is 16.0. The Morgan fingerprint density at radius 3 is 1.59 bits per heavy atom. The van der Waals surface area contributed by atoms with Crippen molar-refractivity contribution in [1.82, 2.24) is 0 Å². The van der Waals surface area contributed by atoms with Crippen LogP contribution in [0.4, 0.5) is 4.39 Å². The van der Waals surface area contributed by atoms with Crippen molar-refractivity contribution >= 4 is 34.2 Å². The van der Waals surface area contributed by atoms with Gasteiger partial charge in [0.2, 0.25) is 0 Å². The number of carboxylic acids is 1. The smallest absolute Gasteiger partial charge is 0.310 e. The number of carboxylic acid groups (broad SMARTS) is 1. The second-order valence-corrected chi connectivity index (χ2v) is 7.22. The number of carbonyl (C=O) groups excluding carboxylic acids is 2. The number of hydrogen-bond donors (Lipinski definition) is 1. The maximum atomic E-state index is 11.7. The Morgan fingerprint density at radius 1 is 1.18 bits per heavy atom. The van der Waals surface area contributed by atoms with Gasteiger partial charge in [-0.05, 0) is 48.0 Å². The molecule has 0 aromatic rings. The summed E-state index contributed by atoms with van der Waals surface area (Å²) in [5, 5.41) is 8.80. The van der Waals surface area contributed by atoms with Gasteiger partial charge in [0.25, 0.3) is 0 Å². The van der Waals surface area contributed by atoms with Gasteiger partial charge in [-0.25, -0.2) is 4.39 Å². The first-order chi connectivity index (χ1) is 9.73. The van der Waals surface area contributed by atoms with Crippen LogP contribution in [0.25, 0.3) is 0 Å². The van der Waals surface area contributed by atoms with E-state index in [0.717, 1.165) is 0 Å². The fourth-order valence-electron chi connectivity index (χ4n) is 0.478. The van der Waals surface area contributed by atoms with Crippen LogP contribution in [0, 0.1) is 10.8 Å². The molecule has 0 rings (SSSR count). The fraction of sp³-hybridized carbons (Fsp3) is 0.800. The van der Waals surface area contributed by atoms with Crippen molar-refractivity contribution in [2.75, 3.05) is 12.4 Å². The number of halogens is 2. The molecule has 0 aliphatic carbocycles. The van der Waals surface area contributed by atoms with Crippen molar-refractivity contribution in [3.05, 3.63) is 0 Å². The van der Waals surface area contributed by atoms with Gasteiger partial charge in [-0.15, -0.1) is 0 Å². The zero-order valence-electron chi connectivity index (χ0n) is 14.4. The second kappa shape index (κ2) is 12.6. The van der Waals surface area contributed by atoms with Gasteiger partial charge in [0.15, 0.2) is 12.5 Å². The van der Waals surface area contributed by atoms with Gasteiger partial charge in [-0.1, -0.05) is 15.9 Å². The van der Waals surface area contributed by atoms with Crippen molar-refractivity contribution in [1.29, 1.82) is 0 Å². The van der Waals surface area contributed by atoms with Crippen molar-refractivity contribution in [2.24, 2.45) is 10.8 Å². The molecular formula is C15H28BrFO5. The monoisotopic (exact) mass is 386 g/mol. The number of carbonyl (C=O) groups is 3. The van der Waals surface area contributed by atoms with Gasteiger partial charge >= 0.3 is 11.9 Å². The zero-order chi connectivity index (χ0) is 18.6. The Morgan fingerprint density at radius 2 is 1.55 bits per heavy atom. The predicted octanol–water partition coefficient (Wildman–Crippen LogP) is 3.63. The predicted molar refractivity (Wildman–Crippen MR) is 87.9 cm³/mol. The van der Waals surface area contributed by atoms with E-state index in [1.165, 1.54) is 7.11 Å². The number of esters is 1. The quantitative estimate of drug-likeness (QED) is 0.454. The summed E-state index contributed by atoms with van der Waals surface area (Å²) in [4.78, 5) is 30.1. The second-order valence-electron chi connectivity index (χ2n) is 6.43. The molecule has 0 aromatic heterocycles. The Labute approximate surface area is 140 Å². The van der Waals surface area contributed by atoms with Gasteiger partial charge in [0.05, 0.1) is 17.9 Å². The van der Waals surface area contributed by atoms with E-state index in [1.54, 1.807) is 20.8 Å². The van der Waals surface area contributed by atoms with E-state index in [1.807, 2.05) is 20.8 Å². The highest BCUT2D eigenvalue weighted by Crippen LogP contribution is 2.13. The van der Waals surface area contributed by atoms with Crippen LogP contribution < -0.4 is 0 Å². The first-order valence-corrected chi connectivity index (χ1v) is 7.83. The van der Waals surface area contributed by atoms with Crippen LogP contribution in [-0.4, -0.2) is 41.9 Å². The topological polar surface area (TPSA) is 80.7 Å². The summed E-state index contributed by atoms with van der Waals surface area (Å²) < 4.78 is 16.2. The van der Waals surface area contributed by atoms with Gasteiger partial charge < -0.3 is 14.6 Å². The molecule has 7 heteroatoms. The van der Waals surface area contributed by atoms with Crippen LogP contribution in [0.2, 0.25) is 0 Å². The van der Waals surface area contributed by atoms with Crippen LogP contribution in [0.1, 0.15) is 48.0 Å². The Bertz CT molecular complexity index is 332. The minimum absolute atomic E-state index is 0.169. The number of rotatable bonds is 3. The molecule has 0 aromatic carbocycles. The summed E-state index contributed by atoms with van der Waals surface area (Å²) >= 11 is 2.99. The summed E-state index contributed by atoms with van der Waals surface area (Å²) in [6.45, 7) is 10.4. The summed E-state index contributed by atoms with van der Waals surface area (Å²) in [5.74, 6) is -0.926. The SMILES string of the molecule is CC(C)(C)C(=O)O.COC(=O)C(C)(C)C.O=CC(F)CCBr. The summed E-state index contributed by atoms with van der Waals surface area (Å²) in [6.07, 6.45) is -0.690. The highest BCUT2D eigenvalue weighted by Gasteiger charge is 2.21. The first-order valence-electron chi connectivity index (χ1n) is 6.71. The molecule has 0 bridgehead atoms. The largest absolute Gasteiger partial charge is 0.481 e. The molecule has 0 aliphatic heterocycles. The standard InChI is InChI=1S/C6H12O2.C5H10O2.C4H6BrFO/c1-6(2,3)5(7)8-4;1-5(2,3)4(6)7;5-2-1-4(6)3-7/h1-4H3;1-3H3,(H,6,7);3-4H,1-2H2. The number of methoxy groups -OCH3 is 1. The van der Waals surface area contributed by atoms with Crippen molar-refractivity contribution in [2.45, 2.75) is 54.1 Å². The third-order valence-electron chi connectivity index (χ3n) is 1.97. The maximum Gasteiger partial charge on any atom is 0.310 e. The maximum absolute atomic E-state index is 11.7. The van der Waals surface area contributed by atoms with Crippen LogP contribution in [0.3, 0.4) is 0 Å². The number of ether oxygens (including phenoxy) is 1. The fourth-order valence-corrected chi connectivity index (χ4v) is 0.916. The lowest BCUT2D eigenvalue weighted by molar-refractivity contribution is -0.149. The molecule has 0 amide bonds. The lowest BCUT2D eigenvalue weighted by Gasteiger charge is -2.13. The minimum Gasteiger partial charge on any atom is -0.481 e. The first kappa shape index (κ1) is 25.9. The minimum atomic E-state index is -1.28. The van der Waals surface area contributed by atoms with Crippen molar-refractivity contribution < 1.29 is 28.6 Å². The van der Waals surface area contributed by atoms with Crippen LogP contribution in [-0.2, 0) is 19.1 Å². The molecule has 1 unspecified atom stereocenters. The molecule has 0 radical (unpaired) electrons. The normalized spacial score (nSPS) is 11.9. The molecule has 132 valence electrons. The van der Waals surface area contributed by atoms with Crippen LogP contribution in [0.15, 0.2) is 0 Å². The summed E-state index contributed by atoms with van der Waals surface area (Å²) in [6, 6.07) is 0. The molecule has 0 heterocycles. The summed E-state index contributed by atoms with van der Waals surface area (Å²) in [5.41, 5.74) is -0.936. The van der Waals surface area contributed by atoms with Gasteiger partial charge in [0, 0.05) is 5.33 Å². The van der Waals surface area contributed by atoms with Crippen molar-refractivity contribution in [3.63, 3.8) is 0 Å². The van der Waals surface area contributed by atoms with Crippen LogP contribution >= 0.6 is 15.9 Å². The molecule has 0 fully saturated rings. The van der Waals surface area contributed by atoms with E-state index >= 15 is 0 Å². The molecule has 0 spiro atoms. The van der Waals surface area contributed by atoms with E-state index in [2.05, 4.69) is 20.7 Å². The third kappa shape index (κ3) is 19.0. The highest BCUT2D eigenvalue weighted by atomic mass is 79.9. The van der Waals surface area contributed by atoms with Gasteiger partial charge in [0.1, 0.15) is 0 Å². The Kier molecular flexibility index (Phi) is 14.8. The van der Waals surface area contributed by atoms with Gasteiger partial charge in [-0.2, -0.15) is 0 Å².